The van der Waals surface area contributed by atoms with Crippen molar-refractivity contribution in [3.63, 3.8) is 0 Å². The monoisotopic (exact) mass is 259 g/mol. The smallest absolute Gasteiger partial charge is 0.226 e. The summed E-state index contributed by atoms with van der Waals surface area (Å²) in [5.74, 6) is 1.04. The van der Waals surface area contributed by atoms with E-state index in [1.807, 2.05) is 0 Å². The number of hydrogen-bond acceptors (Lipinski definition) is 2. The van der Waals surface area contributed by atoms with Gasteiger partial charge in [0.15, 0.2) is 0 Å². The summed E-state index contributed by atoms with van der Waals surface area (Å²) in [6.07, 6.45) is 6.58. The van der Waals surface area contributed by atoms with Gasteiger partial charge in [0, 0.05) is 37.6 Å². The van der Waals surface area contributed by atoms with Crippen molar-refractivity contribution in [2.75, 3.05) is 25.6 Å². The summed E-state index contributed by atoms with van der Waals surface area (Å²) in [7, 11) is 0. The first-order valence-electron chi connectivity index (χ1n) is 6.77. The molecule has 0 spiro atoms. The summed E-state index contributed by atoms with van der Waals surface area (Å²) < 4.78 is 5.32. The first-order valence-corrected chi connectivity index (χ1v) is 7.30. The van der Waals surface area contributed by atoms with E-state index in [1.54, 1.807) is 0 Å². The summed E-state index contributed by atoms with van der Waals surface area (Å²) >= 11 is 5.84. The Hall–Kier alpha value is -0.280. The molecule has 1 aliphatic heterocycles. The maximum absolute atomic E-state index is 12.5. The number of carbonyl (C=O) groups is 1. The lowest BCUT2D eigenvalue weighted by atomic mass is 9.97. The van der Waals surface area contributed by atoms with Crippen LogP contribution in [0.1, 0.15) is 38.5 Å². The molecule has 1 heterocycles. The SMILES string of the molecule is O=C(C1CCOCC1)N(CCCl)C1CCCC1. The summed E-state index contributed by atoms with van der Waals surface area (Å²) in [4.78, 5) is 14.5. The van der Waals surface area contributed by atoms with Gasteiger partial charge in [-0.3, -0.25) is 4.79 Å². The van der Waals surface area contributed by atoms with Crippen LogP contribution >= 0.6 is 11.6 Å². The zero-order chi connectivity index (χ0) is 12.1. The molecule has 0 aromatic rings. The van der Waals surface area contributed by atoms with E-state index in [0.29, 0.717) is 24.4 Å². The molecule has 1 saturated carbocycles. The number of amides is 1. The van der Waals surface area contributed by atoms with Crippen LogP contribution in [-0.4, -0.2) is 42.5 Å². The van der Waals surface area contributed by atoms with Crippen molar-refractivity contribution in [2.24, 2.45) is 5.92 Å². The van der Waals surface area contributed by atoms with Gasteiger partial charge in [-0.05, 0) is 25.7 Å². The van der Waals surface area contributed by atoms with E-state index in [2.05, 4.69) is 4.90 Å². The highest BCUT2D eigenvalue weighted by Crippen LogP contribution is 2.27. The van der Waals surface area contributed by atoms with E-state index in [0.717, 1.165) is 38.9 Å². The number of carbonyl (C=O) groups excluding carboxylic acids is 1. The highest BCUT2D eigenvalue weighted by atomic mass is 35.5. The highest BCUT2D eigenvalue weighted by molar-refractivity contribution is 6.18. The van der Waals surface area contributed by atoms with Crippen LogP contribution in [0.3, 0.4) is 0 Å². The maximum Gasteiger partial charge on any atom is 0.226 e. The van der Waals surface area contributed by atoms with Gasteiger partial charge >= 0.3 is 0 Å². The Balaban J connectivity index is 1.95. The van der Waals surface area contributed by atoms with E-state index in [-0.39, 0.29) is 5.92 Å². The fourth-order valence-electron chi connectivity index (χ4n) is 2.96. The number of ether oxygens (including phenoxy) is 1. The minimum atomic E-state index is 0.174. The molecular weight excluding hydrogens is 238 g/mol. The number of nitrogens with zero attached hydrogens (tertiary/aromatic N) is 1. The molecule has 4 heteroatoms. The Labute approximate surface area is 108 Å². The molecule has 0 N–H and O–H groups in total. The second-order valence-electron chi connectivity index (χ2n) is 5.05. The summed E-state index contributed by atoms with van der Waals surface area (Å²) in [6, 6.07) is 0.448. The van der Waals surface area contributed by atoms with Gasteiger partial charge < -0.3 is 9.64 Å². The molecule has 0 unspecified atom stereocenters. The summed E-state index contributed by atoms with van der Waals surface area (Å²) in [6.45, 7) is 2.17. The molecule has 1 saturated heterocycles. The van der Waals surface area contributed by atoms with Gasteiger partial charge in [-0.25, -0.2) is 0 Å². The number of alkyl halides is 1. The van der Waals surface area contributed by atoms with Gasteiger partial charge in [-0.15, -0.1) is 11.6 Å². The van der Waals surface area contributed by atoms with Crippen LogP contribution in [0.4, 0.5) is 0 Å². The van der Waals surface area contributed by atoms with E-state index >= 15 is 0 Å². The third kappa shape index (κ3) is 3.35. The van der Waals surface area contributed by atoms with E-state index in [9.17, 15) is 4.79 Å². The Morgan fingerprint density at radius 2 is 1.82 bits per heavy atom. The predicted molar refractivity (Wildman–Crippen MR) is 68.2 cm³/mol. The number of rotatable bonds is 4. The van der Waals surface area contributed by atoms with Crippen molar-refractivity contribution in [2.45, 2.75) is 44.6 Å². The standard InChI is InChI=1S/C13H22ClNO2/c14-7-8-15(12-3-1-2-4-12)13(16)11-5-9-17-10-6-11/h11-12H,1-10H2. The lowest BCUT2D eigenvalue weighted by Crippen LogP contribution is -2.44. The first kappa shape index (κ1) is 13.2. The normalized spacial score (nSPS) is 22.9. The molecule has 98 valence electrons. The van der Waals surface area contributed by atoms with E-state index in [1.165, 1.54) is 12.8 Å². The second kappa shape index (κ2) is 6.60. The molecule has 17 heavy (non-hydrogen) atoms. The minimum absolute atomic E-state index is 0.174. The van der Waals surface area contributed by atoms with Crippen molar-refractivity contribution >= 4 is 17.5 Å². The van der Waals surface area contributed by atoms with Crippen LogP contribution in [0, 0.1) is 5.92 Å². The summed E-state index contributed by atoms with van der Waals surface area (Å²) in [5.41, 5.74) is 0. The maximum atomic E-state index is 12.5. The zero-order valence-corrected chi connectivity index (χ0v) is 11.1. The molecular formula is C13H22ClNO2. The lowest BCUT2D eigenvalue weighted by molar-refractivity contribution is -0.140. The minimum Gasteiger partial charge on any atom is -0.381 e. The molecule has 1 aliphatic carbocycles. The van der Waals surface area contributed by atoms with Crippen molar-refractivity contribution in [1.29, 1.82) is 0 Å². The lowest BCUT2D eigenvalue weighted by Gasteiger charge is -2.33. The molecule has 0 radical (unpaired) electrons. The van der Waals surface area contributed by atoms with Gasteiger partial charge in [-0.1, -0.05) is 12.8 Å². The van der Waals surface area contributed by atoms with Crippen LogP contribution in [0.15, 0.2) is 0 Å². The third-order valence-electron chi connectivity index (χ3n) is 3.94. The molecule has 2 rings (SSSR count). The van der Waals surface area contributed by atoms with Gasteiger partial charge in [0.25, 0.3) is 0 Å². The van der Waals surface area contributed by atoms with Gasteiger partial charge in [0.1, 0.15) is 0 Å². The van der Waals surface area contributed by atoms with Crippen molar-refractivity contribution < 1.29 is 9.53 Å². The second-order valence-corrected chi connectivity index (χ2v) is 5.42. The average molecular weight is 260 g/mol. The van der Waals surface area contributed by atoms with Crippen LogP contribution in [0.2, 0.25) is 0 Å². The average Bonchev–Trinajstić information content (AvgIpc) is 2.90. The van der Waals surface area contributed by atoms with Crippen LogP contribution in [0.25, 0.3) is 0 Å². The molecule has 0 atom stereocenters. The molecule has 0 bridgehead atoms. The van der Waals surface area contributed by atoms with Crippen molar-refractivity contribution in [1.82, 2.24) is 4.90 Å². The number of halogens is 1. The Morgan fingerprint density at radius 1 is 1.18 bits per heavy atom. The van der Waals surface area contributed by atoms with Crippen molar-refractivity contribution in [3.05, 3.63) is 0 Å². The summed E-state index contributed by atoms with van der Waals surface area (Å²) in [5, 5.41) is 0. The Bertz CT molecular complexity index is 248. The van der Waals surface area contributed by atoms with Crippen LogP contribution in [-0.2, 0) is 9.53 Å². The molecule has 2 fully saturated rings. The molecule has 1 amide bonds. The predicted octanol–water partition coefficient (Wildman–Crippen LogP) is 2.42. The highest BCUT2D eigenvalue weighted by Gasteiger charge is 2.31. The largest absolute Gasteiger partial charge is 0.381 e. The molecule has 0 aromatic carbocycles. The fourth-order valence-corrected chi connectivity index (χ4v) is 3.14. The van der Waals surface area contributed by atoms with Gasteiger partial charge in [0.2, 0.25) is 5.91 Å². The van der Waals surface area contributed by atoms with Crippen LogP contribution in [0.5, 0.6) is 0 Å². The van der Waals surface area contributed by atoms with Gasteiger partial charge in [-0.2, -0.15) is 0 Å². The quantitative estimate of drug-likeness (QED) is 0.726. The Kier molecular flexibility index (Phi) is 5.11. The molecule has 0 aromatic heterocycles. The van der Waals surface area contributed by atoms with Gasteiger partial charge in [0.05, 0.1) is 0 Å². The van der Waals surface area contributed by atoms with E-state index < -0.39 is 0 Å². The Morgan fingerprint density at radius 3 is 2.41 bits per heavy atom. The number of hydrogen-bond donors (Lipinski definition) is 0. The molecule has 3 nitrogen and oxygen atoms in total. The zero-order valence-electron chi connectivity index (χ0n) is 10.4. The molecule has 2 aliphatic rings. The first-order chi connectivity index (χ1) is 8.33. The third-order valence-corrected chi connectivity index (χ3v) is 4.11. The van der Waals surface area contributed by atoms with E-state index in [4.69, 9.17) is 16.3 Å². The van der Waals surface area contributed by atoms with Crippen LogP contribution < -0.4 is 0 Å². The van der Waals surface area contributed by atoms with Crippen molar-refractivity contribution in [3.8, 4) is 0 Å². The fraction of sp³-hybridized carbons (Fsp3) is 0.923. The topological polar surface area (TPSA) is 29.5 Å².